The summed E-state index contributed by atoms with van der Waals surface area (Å²) < 4.78 is 22.7. The summed E-state index contributed by atoms with van der Waals surface area (Å²) in [6, 6.07) is 5.65. The highest BCUT2D eigenvalue weighted by atomic mass is 32.2. The maximum absolute atomic E-state index is 11.5. The van der Waals surface area contributed by atoms with E-state index in [9.17, 15) is 18.3 Å². The van der Waals surface area contributed by atoms with Gasteiger partial charge in [0.15, 0.2) is 9.84 Å². The number of sulfone groups is 1. The summed E-state index contributed by atoms with van der Waals surface area (Å²) >= 11 is 0. The Morgan fingerprint density at radius 1 is 1.29 bits per heavy atom. The molecule has 0 aliphatic carbocycles. The van der Waals surface area contributed by atoms with Gasteiger partial charge in [-0.25, -0.2) is 8.42 Å². The molecule has 1 amide bonds. The molecule has 2 unspecified atom stereocenters. The highest BCUT2D eigenvalue weighted by molar-refractivity contribution is 7.90. The summed E-state index contributed by atoms with van der Waals surface area (Å²) in [5.74, 6) is -0.128. The Morgan fingerprint density at radius 2 is 1.86 bits per heavy atom. The zero-order valence-electron chi connectivity index (χ0n) is 12.5. The number of likely N-dealkylation sites (N-methyl/N-ethyl adjacent to an activating group) is 1. The molecule has 0 saturated carbocycles. The molecule has 3 N–H and O–H groups in total. The molecule has 0 aliphatic rings. The number of benzene rings is 1. The van der Waals surface area contributed by atoms with Gasteiger partial charge in [-0.2, -0.15) is 0 Å². The second-order valence-electron chi connectivity index (χ2n) is 4.88. The molecule has 1 aromatic carbocycles. The van der Waals surface area contributed by atoms with Gasteiger partial charge in [0.25, 0.3) is 0 Å². The third kappa shape index (κ3) is 5.45. The number of carbonyl (C=O) groups is 1. The smallest absolute Gasteiger partial charge is 0.236 e. The molecule has 0 fully saturated rings. The molecule has 118 valence electrons. The lowest BCUT2D eigenvalue weighted by Crippen LogP contribution is -2.43. The molecule has 7 heteroatoms. The average Bonchev–Trinajstić information content (AvgIpc) is 2.43. The first-order valence-corrected chi connectivity index (χ1v) is 8.64. The molecule has 0 aromatic heterocycles. The van der Waals surface area contributed by atoms with Gasteiger partial charge in [0, 0.05) is 19.3 Å². The summed E-state index contributed by atoms with van der Waals surface area (Å²) in [7, 11) is -3.24. The fourth-order valence-corrected chi connectivity index (χ4v) is 2.39. The predicted octanol–water partition coefficient (Wildman–Crippen LogP) is 0.238. The van der Waals surface area contributed by atoms with Gasteiger partial charge in [-0.1, -0.05) is 12.1 Å². The standard InChI is InChI=1S/C14H22N2O4S/c1-4-15-14(18)10(2)16-9-13(17)11-5-7-12(8-6-11)21(3,19)20/h5-8,10,13,16-17H,4,9H2,1-3H3,(H,15,18). The minimum atomic E-state index is -3.24. The van der Waals surface area contributed by atoms with Crippen LogP contribution in [0.1, 0.15) is 25.5 Å². The molecule has 21 heavy (non-hydrogen) atoms. The van der Waals surface area contributed by atoms with Gasteiger partial charge in [-0.05, 0) is 31.5 Å². The first-order valence-electron chi connectivity index (χ1n) is 6.75. The Morgan fingerprint density at radius 3 is 2.33 bits per heavy atom. The van der Waals surface area contributed by atoms with Crippen LogP contribution in [-0.4, -0.2) is 44.8 Å². The molecule has 0 aliphatic heterocycles. The topological polar surface area (TPSA) is 95.5 Å². The Bertz CT molecular complexity index is 569. The Labute approximate surface area is 125 Å². The summed E-state index contributed by atoms with van der Waals surface area (Å²) in [6.45, 7) is 4.31. The number of nitrogens with one attached hydrogen (secondary N) is 2. The molecule has 1 aromatic rings. The molecule has 0 bridgehead atoms. The maximum atomic E-state index is 11.5. The van der Waals surface area contributed by atoms with Crippen LogP contribution >= 0.6 is 0 Å². The number of hydrogen-bond acceptors (Lipinski definition) is 5. The van der Waals surface area contributed by atoms with Gasteiger partial charge in [-0.3, -0.25) is 4.79 Å². The van der Waals surface area contributed by atoms with E-state index in [2.05, 4.69) is 10.6 Å². The van der Waals surface area contributed by atoms with E-state index in [0.29, 0.717) is 12.1 Å². The lowest BCUT2D eigenvalue weighted by molar-refractivity contribution is -0.122. The van der Waals surface area contributed by atoms with Gasteiger partial charge in [0.1, 0.15) is 0 Å². The lowest BCUT2D eigenvalue weighted by Gasteiger charge is -2.17. The van der Waals surface area contributed by atoms with Crippen molar-refractivity contribution in [2.45, 2.75) is 30.9 Å². The Hall–Kier alpha value is -1.44. The van der Waals surface area contributed by atoms with Crippen molar-refractivity contribution in [1.29, 1.82) is 0 Å². The van der Waals surface area contributed by atoms with Crippen molar-refractivity contribution in [2.24, 2.45) is 0 Å². The van der Waals surface area contributed by atoms with Crippen LogP contribution in [0.25, 0.3) is 0 Å². The molecule has 0 saturated heterocycles. The maximum Gasteiger partial charge on any atom is 0.236 e. The van der Waals surface area contributed by atoms with Gasteiger partial charge in [0.2, 0.25) is 5.91 Å². The van der Waals surface area contributed by atoms with E-state index in [-0.39, 0.29) is 17.3 Å². The second kappa shape index (κ2) is 7.53. The number of aliphatic hydroxyl groups excluding tert-OH is 1. The van der Waals surface area contributed by atoms with Crippen molar-refractivity contribution in [3.05, 3.63) is 29.8 Å². The van der Waals surface area contributed by atoms with Crippen molar-refractivity contribution in [2.75, 3.05) is 19.3 Å². The quantitative estimate of drug-likeness (QED) is 0.670. The van der Waals surface area contributed by atoms with Crippen LogP contribution in [0.5, 0.6) is 0 Å². The van der Waals surface area contributed by atoms with E-state index < -0.39 is 22.0 Å². The monoisotopic (exact) mass is 314 g/mol. The highest BCUT2D eigenvalue weighted by Crippen LogP contribution is 2.16. The van der Waals surface area contributed by atoms with Crippen LogP contribution in [0.15, 0.2) is 29.2 Å². The molecule has 6 nitrogen and oxygen atoms in total. The van der Waals surface area contributed by atoms with Crippen LogP contribution < -0.4 is 10.6 Å². The fourth-order valence-electron chi connectivity index (χ4n) is 1.76. The van der Waals surface area contributed by atoms with Crippen LogP contribution in [-0.2, 0) is 14.6 Å². The van der Waals surface area contributed by atoms with E-state index in [4.69, 9.17) is 0 Å². The van der Waals surface area contributed by atoms with Gasteiger partial charge in [-0.15, -0.1) is 0 Å². The lowest BCUT2D eigenvalue weighted by atomic mass is 10.1. The summed E-state index contributed by atoms with van der Waals surface area (Å²) in [4.78, 5) is 11.7. The first kappa shape index (κ1) is 17.6. The Kier molecular flexibility index (Phi) is 6.32. The van der Waals surface area contributed by atoms with Crippen molar-refractivity contribution in [3.63, 3.8) is 0 Å². The van der Waals surface area contributed by atoms with Gasteiger partial charge < -0.3 is 15.7 Å². The van der Waals surface area contributed by atoms with E-state index in [1.54, 1.807) is 19.1 Å². The van der Waals surface area contributed by atoms with Crippen molar-refractivity contribution >= 4 is 15.7 Å². The molecule has 0 radical (unpaired) electrons. The van der Waals surface area contributed by atoms with Crippen LogP contribution in [0.2, 0.25) is 0 Å². The molecule has 2 atom stereocenters. The number of aliphatic hydroxyl groups is 1. The molecular weight excluding hydrogens is 292 g/mol. The van der Waals surface area contributed by atoms with E-state index >= 15 is 0 Å². The van der Waals surface area contributed by atoms with Crippen LogP contribution in [0.3, 0.4) is 0 Å². The molecule has 0 heterocycles. The van der Waals surface area contributed by atoms with Crippen molar-refractivity contribution in [1.82, 2.24) is 10.6 Å². The van der Waals surface area contributed by atoms with Crippen LogP contribution in [0.4, 0.5) is 0 Å². The average molecular weight is 314 g/mol. The largest absolute Gasteiger partial charge is 0.387 e. The highest BCUT2D eigenvalue weighted by Gasteiger charge is 2.15. The summed E-state index contributed by atoms with van der Waals surface area (Å²) in [6.07, 6.45) is 0.323. The number of carbonyl (C=O) groups excluding carboxylic acids is 1. The zero-order valence-corrected chi connectivity index (χ0v) is 13.3. The second-order valence-corrected chi connectivity index (χ2v) is 6.90. The van der Waals surface area contributed by atoms with E-state index in [0.717, 1.165) is 6.26 Å². The minimum absolute atomic E-state index is 0.128. The summed E-state index contributed by atoms with van der Waals surface area (Å²) in [5, 5.41) is 15.6. The number of hydrogen-bond donors (Lipinski definition) is 3. The molecule has 1 rings (SSSR count). The number of amides is 1. The zero-order chi connectivity index (χ0) is 16.0. The first-order chi connectivity index (χ1) is 9.75. The molecule has 0 spiro atoms. The molecular formula is C14H22N2O4S. The fraction of sp³-hybridized carbons (Fsp3) is 0.500. The van der Waals surface area contributed by atoms with E-state index in [1.807, 2.05) is 6.92 Å². The third-order valence-electron chi connectivity index (χ3n) is 3.05. The summed E-state index contributed by atoms with van der Waals surface area (Å²) in [5.41, 5.74) is 0.595. The Balaban J connectivity index is 2.60. The SMILES string of the molecule is CCNC(=O)C(C)NCC(O)c1ccc(S(C)(=O)=O)cc1. The van der Waals surface area contributed by atoms with Gasteiger partial charge >= 0.3 is 0 Å². The predicted molar refractivity (Wildman–Crippen MR) is 80.7 cm³/mol. The minimum Gasteiger partial charge on any atom is -0.387 e. The van der Waals surface area contributed by atoms with Crippen molar-refractivity contribution < 1.29 is 18.3 Å². The van der Waals surface area contributed by atoms with Crippen molar-refractivity contribution in [3.8, 4) is 0 Å². The van der Waals surface area contributed by atoms with E-state index in [1.165, 1.54) is 12.1 Å². The number of rotatable bonds is 7. The van der Waals surface area contributed by atoms with Gasteiger partial charge in [0.05, 0.1) is 17.0 Å². The van der Waals surface area contributed by atoms with Crippen LogP contribution in [0, 0.1) is 0 Å². The third-order valence-corrected chi connectivity index (χ3v) is 4.18. The normalized spacial score (nSPS) is 14.5.